The van der Waals surface area contributed by atoms with Gasteiger partial charge in [0.25, 0.3) is 0 Å². The molecule has 78 valence electrons. The Morgan fingerprint density at radius 3 is 2.64 bits per heavy atom. The highest BCUT2D eigenvalue weighted by molar-refractivity contribution is 9.10. The lowest BCUT2D eigenvalue weighted by atomic mass is 10.3. The molecule has 14 heavy (non-hydrogen) atoms. The summed E-state index contributed by atoms with van der Waals surface area (Å²) >= 11 is 9.29. The molecular formula is C9H12BrClN2O. The van der Waals surface area contributed by atoms with Gasteiger partial charge in [0.15, 0.2) is 5.82 Å². The van der Waals surface area contributed by atoms with Crippen LogP contribution < -0.4 is 0 Å². The number of nitrogens with zero attached hydrogens (tertiary/aromatic N) is 2. The SMILES string of the molecule is CCc1nc(C(C)OC)nc(Cl)c1Br. The summed E-state index contributed by atoms with van der Waals surface area (Å²) in [5, 5.41) is 0.441. The highest BCUT2D eigenvalue weighted by atomic mass is 79.9. The van der Waals surface area contributed by atoms with Crippen molar-refractivity contribution in [1.29, 1.82) is 0 Å². The van der Waals surface area contributed by atoms with Gasteiger partial charge in [0.1, 0.15) is 11.3 Å². The van der Waals surface area contributed by atoms with Crippen LogP contribution in [0.5, 0.6) is 0 Å². The number of halogens is 2. The van der Waals surface area contributed by atoms with E-state index in [1.165, 1.54) is 0 Å². The normalized spacial score (nSPS) is 12.9. The van der Waals surface area contributed by atoms with Crippen molar-refractivity contribution in [2.45, 2.75) is 26.4 Å². The molecule has 1 aromatic rings. The molecule has 1 rings (SSSR count). The molecule has 0 fully saturated rings. The average Bonchev–Trinajstić information content (AvgIpc) is 2.20. The van der Waals surface area contributed by atoms with Crippen molar-refractivity contribution in [3.05, 3.63) is 21.1 Å². The first-order valence-corrected chi connectivity index (χ1v) is 5.51. The smallest absolute Gasteiger partial charge is 0.158 e. The molecule has 0 amide bonds. The first kappa shape index (κ1) is 11.9. The number of aryl methyl sites for hydroxylation is 1. The average molecular weight is 280 g/mol. The Morgan fingerprint density at radius 1 is 1.50 bits per heavy atom. The first-order valence-electron chi connectivity index (χ1n) is 4.34. The van der Waals surface area contributed by atoms with Crippen LogP contribution in [0.15, 0.2) is 4.47 Å². The van der Waals surface area contributed by atoms with Crippen LogP contribution in [0, 0.1) is 0 Å². The van der Waals surface area contributed by atoms with Gasteiger partial charge in [0.2, 0.25) is 0 Å². The molecule has 0 aliphatic heterocycles. The predicted octanol–water partition coefficient (Wildman–Crippen LogP) is 3.16. The zero-order valence-electron chi connectivity index (χ0n) is 8.34. The maximum Gasteiger partial charge on any atom is 0.158 e. The maximum absolute atomic E-state index is 5.95. The number of hydrogen-bond acceptors (Lipinski definition) is 3. The van der Waals surface area contributed by atoms with Gasteiger partial charge in [0.05, 0.1) is 10.2 Å². The Labute approximate surface area is 97.0 Å². The third kappa shape index (κ3) is 2.43. The van der Waals surface area contributed by atoms with Crippen molar-refractivity contribution >= 4 is 27.5 Å². The summed E-state index contributed by atoms with van der Waals surface area (Å²) in [5.41, 5.74) is 0.906. The minimum absolute atomic E-state index is 0.133. The van der Waals surface area contributed by atoms with Gasteiger partial charge >= 0.3 is 0 Å². The predicted molar refractivity (Wildman–Crippen MR) is 59.5 cm³/mol. The number of ether oxygens (including phenoxy) is 1. The zero-order chi connectivity index (χ0) is 10.7. The molecule has 5 heteroatoms. The Hall–Kier alpha value is -0.190. The van der Waals surface area contributed by atoms with Crippen molar-refractivity contribution in [2.75, 3.05) is 7.11 Å². The van der Waals surface area contributed by atoms with Gasteiger partial charge in [-0.1, -0.05) is 18.5 Å². The first-order chi connectivity index (χ1) is 6.60. The molecule has 0 saturated heterocycles. The molecular weight excluding hydrogens is 267 g/mol. The zero-order valence-corrected chi connectivity index (χ0v) is 10.7. The molecule has 3 nitrogen and oxygen atoms in total. The fourth-order valence-electron chi connectivity index (χ4n) is 1.00. The van der Waals surface area contributed by atoms with E-state index < -0.39 is 0 Å². The molecule has 0 aliphatic carbocycles. The van der Waals surface area contributed by atoms with Crippen molar-refractivity contribution in [2.24, 2.45) is 0 Å². The van der Waals surface area contributed by atoms with E-state index in [1.54, 1.807) is 7.11 Å². The van der Waals surface area contributed by atoms with E-state index in [9.17, 15) is 0 Å². The number of methoxy groups -OCH3 is 1. The Balaban J connectivity index is 3.16. The van der Waals surface area contributed by atoms with Crippen LogP contribution in [-0.2, 0) is 11.2 Å². The lowest BCUT2D eigenvalue weighted by Crippen LogP contribution is -2.06. The molecule has 1 aromatic heterocycles. The van der Waals surface area contributed by atoms with Crippen LogP contribution in [0.2, 0.25) is 5.15 Å². The molecule has 1 unspecified atom stereocenters. The van der Waals surface area contributed by atoms with E-state index in [1.807, 2.05) is 13.8 Å². The second-order valence-corrected chi connectivity index (χ2v) is 4.02. The quantitative estimate of drug-likeness (QED) is 0.797. The summed E-state index contributed by atoms with van der Waals surface area (Å²) in [5.74, 6) is 0.623. The van der Waals surface area contributed by atoms with Gasteiger partial charge in [-0.15, -0.1) is 0 Å². The van der Waals surface area contributed by atoms with Crippen LogP contribution in [0.3, 0.4) is 0 Å². The molecule has 0 aromatic carbocycles. The van der Waals surface area contributed by atoms with Gasteiger partial charge in [0, 0.05) is 7.11 Å². The lowest BCUT2D eigenvalue weighted by Gasteiger charge is -2.10. The molecule has 0 aliphatic rings. The van der Waals surface area contributed by atoms with Crippen molar-refractivity contribution in [3.63, 3.8) is 0 Å². The van der Waals surface area contributed by atoms with Crippen LogP contribution in [0.25, 0.3) is 0 Å². The standard InChI is InChI=1S/C9H12BrClN2O/c1-4-6-7(10)8(11)13-9(12-6)5(2)14-3/h5H,4H2,1-3H3. The minimum atomic E-state index is -0.133. The number of rotatable bonds is 3. The fourth-order valence-corrected chi connectivity index (χ4v) is 1.66. The second kappa shape index (κ2) is 5.05. The molecule has 1 heterocycles. The van der Waals surface area contributed by atoms with Crippen molar-refractivity contribution < 1.29 is 4.74 Å². The molecule has 0 spiro atoms. The highest BCUT2D eigenvalue weighted by Gasteiger charge is 2.13. The summed E-state index contributed by atoms with van der Waals surface area (Å²) in [6, 6.07) is 0. The highest BCUT2D eigenvalue weighted by Crippen LogP contribution is 2.25. The van der Waals surface area contributed by atoms with E-state index in [0.717, 1.165) is 16.6 Å². The van der Waals surface area contributed by atoms with Gasteiger partial charge in [-0.2, -0.15) is 0 Å². The molecule has 0 saturated carbocycles. The Morgan fingerprint density at radius 2 is 2.14 bits per heavy atom. The topological polar surface area (TPSA) is 35.0 Å². The third-order valence-corrected chi connectivity index (χ3v) is 3.28. The molecule has 1 atom stereocenters. The van der Waals surface area contributed by atoms with Crippen LogP contribution in [0.1, 0.15) is 31.5 Å². The van der Waals surface area contributed by atoms with E-state index in [0.29, 0.717) is 11.0 Å². The van der Waals surface area contributed by atoms with Crippen molar-refractivity contribution in [1.82, 2.24) is 9.97 Å². The minimum Gasteiger partial charge on any atom is -0.374 e. The van der Waals surface area contributed by atoms with Gasteiger partial charge in [-0.3, -0.25) is 0 Å². The fraction of sp³-hybridized carbons (Fsp3) is 0.556. The summed E-state index contributed by atoms with van der Waals surface area (Å²) in [6.07, 6.45) is 0.678. The monoisotopic (exact) mass is 278 g/mol. The summed E-state index contributed by atoms with van der Waals surface area (Å²) in [6.45, 7) is 3.91. The molecule has 0 radical (unpaired) electrons. The van der Waals surface area contributed by atoms with E-state index >= 15 is 0 Å². The number of aromatic nitrogens is 2. The van der Waals surface area contributed by atoms with Crippen LogP contribution in [-0.4, -0.2) is 17.1 Å². The third-order valence-electron chi connectivity index (χ3n) is 1.95. The van der Waals surface area contributed by atoms with E-state index in [2.05, 4.69) is 25.9 Å². The number of hydrogen-bond donors (Lipinski definition) is 0. The molecule has 0 bridgehead atoms. The Bertz CT molecular complexity index is 333. The van der Waals surface area contributed by atoms with Crippen molar-refractivity contribution in [3.8, 4) is 0 Å². The summed E-state index contributed by atoms with van der Waals surface area (Å²) < 4.78 is 5.90. The van der Waals surface area contributed by atoms with Crippen LogP contribution >= 0.6 is 27.5 Å². The Kier molecular flexibility index (Phi) is 4.29. The lowest BCUT2D eigenvalue weighted by molar-refractivity contribution is 0.112. The maximum atomic E-state index is 5.95. The second-order valence-electron chi connectivity index (χ2n) is 2.86. The summed E-state index contributed by atoms with van der Waals surface area (Å²) in [7, 11) is 1.62. The van der Waals surface area contributed by atoms with Gasteiger partial charge < -0.3 is 4.74 Å². The van der Waals surface area contributed by atoms with Crippen LogP contribution in [0.4, 0.5) is 0 Å². The molecule has 0 N–H and O–H groups in total. The van der Waals surface area contributed by atoms with E-state index in [-0.39, 0.29) is 6.10 Å². The van der Waals surface area contributed by atoms with E-state index in [4.69, 9.17) is 16.3 Å². The van der Waals surface area contributed by atoms with Gasteiger partial charge in [-0.25, -0.2) is 9.97 Å². The largest absolute Gasteiger partial charge is 0.374 e. The van der Waals surface area contributed by atoms with Gasteiger partial charge in [-0.05, 0) is 29.3 Å². The summed E-state index contributed by atoms with van der Waals surface area (Å²) in [4.78, 5) is 8.49.